The highest BCUT2D eigenvalue weighted by Crippen LogP contribution is 2.24. The maximum atomic E-state index is 12.5. The minimum atomic E-state index is -3.50. The van der Waals surface area contributed by atoms with E-state index in [-0.39, 0.29) is 29.7 Å². The number of hydrogen-bond donors (Lipinski definition) is 1. The van der Waals surface area contributed by atoms with Gasteiger partial charge in [0.25, 0.3) is 5.91 Å². The van der Waals surface area contributed by atoms with Crippen molar-refractivity contribution in [2.75, 3.05) is 49.8 Å². The van der Waals surface area contributed by atoms with Crippen molar-refractivity contribution in [1.82, 2.24) is 5.32 Å². The van der Waals surface area contributed by atoms with Gasteiger partial charge < -0.3 is 19.5 Å². The van der Waals surface area contributed by atoms with E-state index in [0.29, 0.717) is 44.2 Å². The Bertz CT molecular complexity index is 679. The van der Waals surface area contributed by atoms with E-state index < -0.39 is 9.84 Å². The molecule has 0 aliphatic carbocycles. The van der Waals surface area contributed by atoms with Crippen molar-refractivity contribution < 1.29 is 27.4 Å². The Morgan fingerprint density at radius 1 is 1.00 bits per heavy atom. The number of amides is 1. The zero-order chi connectivity index (χ0) is 18.1. The zero-order valence-electron chi connectivity index (χ0n) is 13.8. The quantitative estimate of drug-likeness (QED) is 0.273. The molecule has 0 saturated carbocycles. The number of sulfone groups is 1. The fourth-order valence-electron chi connectivity index (χ4n) is 2.39. The third-order valence-corrected chi connectivity index (χ3v) is 5.80. The first-order valence-corrected chi connectivity index (χ1v) is 11.2. The smallest absolute Gasteiger partial charge is 0.251 e. The van der Waals surface area contributed by atoms with Gasteiger partial charge in [0.05, 0.1) is 50.3 Å². The monoisotopic (exact) mass is 483 g/mol. The molecule has 1 heterocycles. The molecule has 0 bridgehead atoms. The van der Waals surface area contributed by atoms with Gasteiger partial charge in [-0.1, -0.05) is 28.7 Å². The Morgan fingerprint density at radius 3 is 2.32 bits per heavy atom. The van der Waals surface area contributed by atoms with Crippen LogP contribution < -0.4 is 5.32 Å². The molecule has 0 spiro atoms. The van der Waals surface area contributed by atoms with Crippen LogP contribution in [0, 0.1) is 0 Å². The standard InChI is InChI=1S/C16H22INO6S/c17-4-5-22-6-7-23-8-9-24-10-11-25(20,21)15-3-1-2-13-14(15)12-18-16(13)19/h1-3H,4-12H2,(H,18,19). The van der Waals surface area contributed by atoms with Crippen molar-refractivity contribution in [3.05, 3.63) is 29.3 Å². The molecule has 0 radical (unpaired) electrons. The predicted octanol–water partition coefficient (Wildman–Crippen LogP) is 1.19. The van der Waals surface area contributed by atoms with Gasteiger partial charge in [-0.2, -0.15) is 0 Å². The summed E-state index contributed by atoms with van der Waals surface area (Å²) in [7, 11) is -3.50. The summed E-state index contributed by atoms with van der Waals surface area (Å²) in [4.78, 5) is 11.8. The highest BCUT2D eigenvalue weighted by molar-refractivity contribution is 14.1. The fourth-order valence-corrected chi connectivity index (χ4v) is 4.10. The van der Waals surface area contributed by atoms with Gasteiger partial charge in [0.1, 0.15) is 0 Å². The van der Waals surface area contributed by atoms with Gasteiger partial charge in [-0.15, -0.1) is 0 Å². The summed E-state index contributed by atoms with van der Waals surface area (Å²) in [6.07, 6.45) is 0. The van der Waals surface area contributed by atoms with Crippen molar-refractivity contribution in [3.8, 4) is 0 Å². The number of carbonyl (C=O) groups excluding carboxylic acids is 1. The normalized spacial score (nSPS) is 13.7. The minimum Gasteiger partial charge on any atom is -0.378 e. The molecule has 0 fully saturated rings. The first kappa shape index (κ1) is 20.6. The number of rotatable bonds is 12. The largest absolute Gasteiger partial charge is 0.378 e. The van der Waals surface area contributed by atoms with E-state index in [2.05, 4.69) is 27.9 Å². The van der Waals surface area contributed by atoms with Gasteiger partial charge in [0.2, 0.25) is 0 Å². The SMILES string of the molecule is O=C1NCc2c1cccc2S(=O)(=O)CCOCCOCCOCCI. The van der Waals surface area contributed by atoms with Crippen LogP contribution in [0.2, 0.25) is 0 Å². The van der Waals surface area contributed by atoms with E-state index in [9.17, 15) is 13.2 Å². The summed E-state index contributed by atoms with van der Waals surface area (Å²) < 4.78 is 41.8. The molecule has 1 aliphatic rings. The Balaban J connectivity index is 1.70. The lowest BCUT2D eigenvalue weighted by Gasteiger charge is -2.09. The Morgan fingerprint density at radius 2 is 1.64 bits per heavy atom. The molecular formula is C16H22INO6S. The minimum absolute atomic E-state index is 0.0854. The molecule has 9 heteroatoms. The van der Waals surface area contributed by atoms with E-state index in [1.165, 1.54) is 6.07 Å². The van der Waals surface area contributed by atoms with Crippen LogP contribution in [0.1, 0.15) is 15.9 Å². The summed E-state index contributed by atoms with van der Waals surface area (Å²) in [5.41, 5.74) is 0.975. The van der Waals surface area contributed by atoms with Crippen molar-refractivity contribution in [2.45, 2.75) is 11.4 Å². The van der Waals surface area contributed by atoms with Crippen LogP contribution in [0.5, 0.6) is 0 Å². The number of ether oxygens (including phenoxy) is 3. The molecule has 2 rings (SSSR count). The van der Waals surface area contributed by atoms with E-state index in [4.69, 9.17) is 14.2 Å². The van der Waals surface area contributed by atoms with Crippen LogP contribution in [-0.4, -0.2) is 64.1 Å². The van der Waals surface area contributed by atoms with Crippen LogP contribution in [-0.2, 0) is 30.6 Å². The molecule has 1 amide bonds. The third kappa shape index (κ3) is 6.17. The van der Waals surface area contributed by atoms with Gasteiger partial charge in [0, 0.05) is 22.1 Å². The third-order valence-electron chi connectivity index (χ3n) is 3.60. The lowest BCUT2D eigenvalue weighted by Crippen LogP contribution is -2.17. The van der Waals surface area contributed by atoms with Crippen LogP contribution in [0.15, 0.2) is 23.1 Å². The van der Waals surface area contributed by atoms with E-state index in [1.54, 1.807) is 12.1 Å². The van der Waals surface area contributed by atoms with E-state index in [0.717, 1.165) is 4.43 Å². The average Bonchev–Trinajstić information content (AvgIpc) is 2.98. The zero-order valence-corrected chi connectivity index (χ0v) is 16.8. The second-order valence-corrected chi connectivity index (χ2v) is 8.47. The van der Waals surface area contributed by atoms with Gasteiger partial charge in [-0.25, -0.2) is 8.42 Å². The van der Waals surface area contributed by atoms with Gasteiger partial charge in [-0.3, -0.25) is 4.79 Å². The molecular weight excluding hydrogens is 461 g/mol. The summed E-state index contributed by atoms with van der Waals surface area (Å²) in [5, 5.41) is 2.64. The van der Waals surface area contributed by atoms with Crippen molar-refractivity contribution in [2.24, 2.45) is 0 Å². The van der Waals surface area contributed by atoms with Gasteiger partial charge in [0.15, 0.2) is 9.84 Å². The molecule has 7 nitrogen and oxygen atoms in total. The highest BCUT2D eigenvalue weighted by atomic mass is 127. The first-order valence-electron chi connectivity index (χ1n) is 7.98. The Labute approximate surface area is 161 Å². The lowest BCUT2D eigenvalue weighted by atomic mass is 10.1. The molecule has 25 heavy (non-hydrogen) atoms. The summed E-state index contributed by atoms with van der Waals surface area (Å²) >= 11 is 2.24. The molecule has 0 saturated heterocycles. The van der Waals surface area contributed by atoms with Crippen LogP contribution >= 0.6 is 22.6 Å². The van der Waals surface area contributed by atoms with Gasteiger partial charge >= 0.3 is 0 Å². The number of carbonyl (C=O) groups is 1. The topological polar surface area (TPSA) is 90.9 Å². The average molecular weight is 483 g/mol. The predicted molar refractivity (Wildman–Crippen MR) is 101 cm³/mol. The highest BCUT2D eigenvalue weighted by Gasteiger charge is 2.27. The molecule has 1 aliphatic heterocycles. The van der Waals surface area contributed by atoms with Crippen molar-refractivity contribution >= 4 is 38.3 Å². The Kier molecular flexibility index (Phi) is 8.56. The second kappa shape index (κ2) is 10.4. The van der Waals surface area contributed by atoms with Crippen molar-refractivity contribution in [3.63, 3.8) is 0 Å². The first-order chi connectivity index (χ1) is 12.1. The summed E-state index contributed by atoms with van der Waals surface area (Å²) in [5.74, 6) is -0.362. The lowest BCUT2D eigenvalue weighted by molar-refractivity contribution is 0.0206. The number of nitrogens with one attached hydrogen (secondary N) is 1. The number of benzene rings is 1. The molecule has 140 valence electrons. The molecule has 0 atom stereocenters. The van der Waals surface area contributed by atoms with Crippen molar-refractivity contribution in [1.29, 1.82) is 0 Å². The van der Waals surface area contributed by atoms with E-state index >= 15 is 0 Å². The molecule has 0 unspecified atom stereocenters. The van der Waals surface area contributed by atoms with E-state index in [1.807, 2.05) is 0 Å². The summed E-state index contributed by atoms with van der Waals surface area (Å²) in [6.45, 7) is 2.81. The second-order valence-electron chi connectivity index (χ2n) is 5.31. The molecule has 0 aromatic heterocycles. The van der Waals surface area contributed by atoms with Gasteiger partial charge in [-0.05, 0) is 12.1 Å². The number of alkyl halides is 1. The van der Waals surface area contributed by atoms with Crippen LogP contribution in [0.25, 0.3) is 0 Å². The molecule has 1 N–H and O–H groups in total. The number of fused-ring (bicyclic) bond motifs is 1. The maximum absolute atomic E-state index is 12.5. The molecule has 1 aromatic rings. The van der Waals surface area contributed by atoms with Crippen LogP contribution in [0.4, 0.5) is 0 Å². The Hall–Kier alpha value is -0.750. The van der Waals surface area contributed by atoms with Crippen LogP contribution in [0.3, 0.4) is 0 Å². The maximum Gasteiger partial charge on any atom is 0.251 e. The summed E-state index contributed by atoms with van der Waals surface area (Å²) in [6, 6.07) is 4.76. The number of hydrogen-bond acceptors (Lipinski definition) is 6. The molecule has 1 aromatic carbocycles. The fraction of sp³-hybridized carbons (Fsp3) is 0.562. The number of halogens is 1.